The average Bonchev–Trinajstić information content (AvgIpc) is 3.45. The summed E-state index contributed by atoms with van der Waals surface area (Å²) in [5.74, 6) is -0.0567. The molecule has 132 valence electrons. The van der Waals surface area contributed by atoms with Gasteiger partial charge in [-0.15, -0.1) is 0 Å². The van der Waals surface area contributed by atoms with Crippen LogP contribution in [0.15, 0.2) is 59.5 Å². The van der Waals surface area contributed by atoms with E-state index in [0.29, 0.717) is 18.7 Å². The number of hydrogen-bond acceptors (Lipinski definition) is 3. The molecule has 1 fully saturated rings. The molecular weight excluding hydrogens is 336 g/mol. The fourth-order valence-electron chi connectivity index (χ4n) is 2.75. The van der Waals surface area contributed by atoms with E-state index in [2.05, 4.69) is 4.72 Å². The molecule has 0 atom stereocenters. The lowest BCUT2D eigenvalue weighted by molar-refractivity contribution is 0.0730. The highest BCUT2D eigenvalue weighted by Gasteiger charge is 2.33. The van der Waals surface area contributed by atoms with Crippen LogP contribution in [0.25, 0.3) is 0 Å². The summed E-state index contributed by atoms with van der Waals surface area (Å²) in [6, 6.07) is 16.3. The molecule has 1 saturated carbocycles. The smallest absolute Gasteiger partial charge is 0.254 e. The SMILES string of the molecule is CCNS(=O)(=O)c1ccc(C(=O)N(Cc2ccccc2)C2CC2)cc1. The van der Waals surface area contributed by atoms with E-state index >= 15 is 0 Å². The Hall–Kier alpha value is -2.18. The molecule has 5 nitrogen and oxygen atoms in total. The van der Waals surface area contributed by atoms with Gasteiger partial charge < -0.3 is 4.90 Å². The van der Waals surface area contributed by atoms with Crippen LogP contribution in [-0.4, -0.2) is 31.8 Å². The third kappa shape index (κ3) is 4.27. The summed E-state index contributed by atoms with van der Waals surface area (Å²) in [5, 5.41) is 0. The summed E-state index contributed by atoms with van der Waals surface area (Å²) in [4.78, 5) is 14.9. The van der Waals surface area contributed by atoms with Crippen LogP contribution in [0.5, 0.6) is 0 Å². The molecule has 1 N–H and O–H groups in total. The Morgan fingerprint density at radius 1 is 1.08 bits per heavy atom. The van der Waals surface area contributed by atoms with E-state index in [1.165, 1.54) is 12.1 Å². The lowest BCUT2D eigenvalue weighted by Gasteiger charge is -2.23. The van der Waals surface area contributed by atoms with Crippen molar-refractivity contribution in [1.82, 2.24) is 9.62 Å². The Balaban J connectivity index is 1.78. The number of sulfonamides is 1. The molecule has 25 heavy (non-hydrogen) atoms. The van der Waals surface area contributed by atoms with Crippen LogP contribution in [0, 0.1) is 0 Å². The van der Waals surface area contributed by atoms with Crippen molar-refractivity contribution in [1.29, 1.82) is 0 Å². The number of benzene rings is 2. The first-order valence-electron chi connectivity index (χ1n) is 8.46. The first-order chi connectivity index (χ1) is 12.0. The predicted molar refractivity (Wildman–Crippen MR) is 96.6 cm³/mol. The molecule has 0 aromatic heterocycles. The standard InChI is InChI=1S/C19H22N2O3S/c1-2-20-25(23,24)18-12-8-16(9-13-18)19(22)21(17-10-11-17)14-15-6-4-3-5-7-15/h3-9,12-13,17,20H,2,10-11,14H2,1H3. The van der Waals surface area contributed by atoms with Crippen molar-refractivity contribution in [3.05, 3.63) is 65.7 Å². The van der Waals surface area contributed by atoms with Gasteiger partial charge in [0, 0.05) is 24.7 Å². The highest BCUT2D eigenvalue weighted by molar-refractivity contribution is 7.89. The summed E-state index contributed by atoms with van der Waals surface area (Å²) >= 11 is 0. The van der Waals surface area contributed by atoms with Crippen molar-refractivity contribution >= 4 is 15.9 Å². The van der Waals surface area contributed by atoms with Gasteiger partial charge in [0.25, 0.3) is 5.91 Å². The van der Waals surface area contributed by atoms with E-state index in [1.54, 1.807) is 19.1 Å². The molecule has 1 aliphatic rings. The van der Waals surface area contributed by atoms with Gasteiger partial charge in [-0.3, -0.25) is 4.79 Å². The zero-order valence-electron chi connectivity index (χ0n) is 14.2. The van der Waals surface area contributed by atoms with Crippen LogP contribution in [-0.2, 0) is 16.6 Å². The maximum atomic E-state index is 12.9. The molecule has 3 rings (SSSR count). The van der Waals surface area contributed by atoms with Crippen molar-refractivity contribution in [2.24, 2.45) is 0 Å². The molecule has 0 bridgehead atoms. The molecule has 0 aliphatic heterocycles. The largest absolute Gasteiger partial charge is 0.331 e. The second kappa shape index (κ2) is 7.37. The maximum Gasteiger partial charge on any atom is 0.254 e. The van der Waals surface area contributed by atoms with E-state index in [9.17, 15) is 13.2 Å². The van der Waals surface area contributed by atoms with Crippen LogP contribution < -0.4 is 4.72 Å². The normalized spacial score (nSPS) is 14.3. The molecule has 0 radical (unpaired) electrons. The Bertz CT molecular complexity index is 829. The van der Waals surface area contributed by atoms with Crippen LogP contribution >= 0.6 is 0 Å². The van der Waals surface area contributed by atoms with Crippen LogP contribution in [0.1, 0.15) is 35.7 Å². The predicted octanol–water partition coefficient (Wildman–Crippen LogP) is 2.79. The average molecular weight is 358 g/mol. The molecule has 0 spiro atoms. The molecular formula is C19H22N2O3S. The minimum Gasteiger partial charge on any atom is -0.331 e. The summed E-state index contributed by atoms with van der Waals surface area (Å²) in [5.41, 5.74) is 1.60. The monoisotopic (exact) mass is 358 g/mol. The second-order valence-corrected chi connectivity index (χ2v) is 7.94. The molecule has 1 amide bonds. The van der Waals surface area contributed by atoms with Gasteiger partial charge in [0.1, 0.15) is 0 Å². The van der Waals surface area contributed by atoms with E-state index in [-0.39, 0.29) is 16.8 Å². The minimum absolute atomic E-state index is 0.0567. The van der Waals surface area contributed by atoms with Gasteiger partial charge in [0.05, 0.1) is 4.90 Å². The van der Waals surface area contributed by atoms with E-state index < -0.39 is 10.0 Å². The van der Waals surface area contributed by atoms with Gasteiger partial charge in [0.15, 0.2) is 0 Å². The highest BCUT2D eigenvalue weighted by Crippen LogP contribution is 2.30. The molecule has 6 heteroatoms. The Kier molecular flexibility index (Phi) is 5.20. The van der Waals surface area contributed by atoms with Gasteiger partial charge in [-0.25, -0.2) is 13.1 Å². The third-order valence-electron chi connectivity index (χ3n) is 4.19. The Morgan fingerprint density at radius 2 is 1.72 bits per heavy atom. The molecule has 0 saturated heterocycles. The number of nitrogens with zero attached hydrogens (tertiary/aromatic N) is 1. The summed E-state index contributed by atoms with van der Waals surface area (Å²) in [6.45, 7) is 2.63. The fraction of sp³-hybridized carbons (Fsp3) is 0.316. The van der Waals surface area contributed by atoms with Gasteiger partial charge >= 0.3 is 0 Å². The maximum absolute atomic E-state index is 12.9. The van der Waals surface area contributed by atoms with Crippen molar-refractivity contribution in [2.75, 3.05) is 6.54 Å². The molecule has 2 aromatic carbocycles. The number of nitrogens with one attached hydrogen (secondary N) is 1. The lowest BCUT2D eigenvalue weighted by Crippen LogP contribution is -2.32. The molecule has 2 aromatic rings. The molecule has 0 heterocycles. The molecule has 1 aliphatic carbocycles. The zero-order chi connectivity index (χ0) is 17.9. The van der Waals surface area contributed by atoms with Crippen molar-refractivity contribution in [3.63, 3.8) is 0 Å². The summed E-state index contributed by atoms with van der Waals surface area (Å²) in [7, 11) is -3.50. The number of amides is 1. The topological polar surface area (TPSA) is 66.5 Å². The quantitative estimate of drug-likeness (QED) is 0.828. The van der Waals surface area contributed by atoms with E-state index in [1.807, 2.05) is 35.2 Å². The van der Waals surface area contributed by atoms with E-state index in [0.717, 1.165) is 18.4 Å². The van der Waals surface area contributed by atoms with Gasteiger partial charge in [0.2, 0.25) is 10.0 Å². The highest BCUT2D eigenvalue weighted by atomic mass is 32.2. The van der Waals surface area contributed by atoms with Crippen LogP contribution in [0.4, 0.5) is 0 Å². The Labute approximate surface area is 148 Å². The number of rotatable bonds is 7. The van der Waals surface area contributed by atoms with Crippen LogP contribution in [0.2, 0.25) is 0 Å². The Morgan fingerprint density at radius 3 is 2.28 bits per heavy atom. The first-order valence-corrected chi connectivity index (χ1v) is 9.94. The first kappa shape index (κ1) is 17.6. The fourth-order valence-corrected chi connectivity index (χ4v) is 3.79. The summed E-state index contributed by atoms with van der Waals surface area (Å²) < 4.78 is 26.4. The minimum atomic E-state index is -3.50. The van der Waals surface area contributed by atoms with E-state index in [4.69, 9.17) is 0 Å². The van der Waals surface area contributed by atoms with Crippen molar-refractivity contribution in [3.8, 4) is 0 Å². The van der Waals surface area contributed by atoms with Gasteiger partial charge in [-0.2, -0.15) is 0 Å². The lowest BCUT2D eigenvalue weighted by atomic mass is 10.1. The second-order valence-electron chi connectivity index (χ2n) is 6.18. The number of hydrogen-bond donors (Lipinski definition) is 1. The zero-order valence-corrected chi connectivity index (χ0v) is 15.0. The third-order valence-corrected chi connectivity index (χ3v) is 5.75. The van der Waals surface area contributed by atoms with Gasteiger partial charge in [-0.1, -0.05) is 37.3 Å². The van der Waals surface area contributed by atoms with Crippen LogP contribution in [0.3, 0.4) is 0 Å². The summed E-state index contributed by atoms with van der Waals surface area (Å²) in [6.07, 6.45) is 2.04. The number of carbonyl (C=O) groups excluding carboxylic acids is 1. The number of carbonyl (C=O) groups is 1. The van der Waals surface area contributed by atoms with Gasteiger partial charge in [-0.05, 0) is 42.7 Å². The molecule has 0 unspecified atom stereocenters. The van der Waals surface area contributed by atoms with Crippen molar-refractivity contribution in [2.45, 2.75) is 37.2 Å². The van der Waals surface area contributed by atoms with Crippen molar-refractivity contribution < 1.29 is 13.2 Å².